The number of phenols is 1. The van der Waals surface area contributed by atoms with Gasteiger partial charge in [-0.05, 0) is 37.6 Å². The zero-order chi connectivity index (χ0) is 12.0. The Morgan fingerprint density at radius 1 is 1.38 bits per heavy atom. The lowest BCUT2D eigenvalue weighted by molar-refractivity contribution is -0.125. The monoisotopic (exact) mass is 219 g/mol. The number of rotatable bonds is 4. The molecule has 0 aliphatic rings. The third-order valence-corrected chi connectivity index (χ3v) is 2.36. The van der Waals surface area contributed by atoms with Crippen molar-refractivity contribution in [3.05, 3.63) is 35.9 Å². The summed E-state index contributed by atoms with van der Waals surface area (Å²) in [6.45, 7) is 5.31. The van der Waals surface area contributed by atoms with Gasteiger partial charge in [0, 0.05) is 19.2 Å². The van der Waals surface area contributed by atoms with Crippen LogP contribution in [0.2, 0.25) is 0 Å². The van der Waals surface area contributed by atoms with Gasteiger partial charge >= 0.3 is 0 Å². The van der Waals surface area contributed by atoms with E-state index in [0.717, 1.165) is 5.56 Å². The van der Waals surface area contributed by atoms with Crippen molar-refractivity contribution in [3.63, 3.8) is 0 Å². The quantitative estimate of drug-likeness (QED) is 0.789. The molecule has 3 heteroatoms. The van der Waals surface area contributed by atoms with Gasteiger partial charge in [-0.1, -0.05) is 12.1 Å². The Bertz CT molecular complexity index is 381. The maximum absolute atomic E-state index is 11.6. The minimum absolute atomic E-state index is 0.00616. The number of likely N-dealkylation sites (N-methyl/N-ethyl adjacent to an activating group) is 1. The van der Waals surface area contributed by atoms with E-state index < -0.39 is 0 Å². The number of nitrogens with zero attached hydrogens (tertiary/aromatic N) is 1. The molecule has 86 valence electrons. The van der Waals surface area contributed by atoms with Crippen molar-refractivity contribution in [1.29, 1.82) is 0 Å². The number of amides is 1. The summed E-state index contributed by atoms with van der Waals surface area (Å²) in [5, 5.41) is 9.25. The lowest BCUT2D eigenvalue weighted by Gasteiger charge is -2.15. The highest BCUT2D eigenvalue weighted by Crippen LogP contribution is 2.12. The molecule has 0 aliphatic carbocycles. The Morgan fingerprint density at radius 3 is 2.62 bits per heavy atom. The molecule has 0 saturated heterocycles. The van der Waals surface area contributed by atoms with Crippen LogP contribution in [0, 0.1) is 0 Å². The van der Waals surface area contributed by atoms with Gasteiger partial charge in [0.25, 0.3) is 0 Å². The molecule has 0 spiro atoms. The molecule has 3 nitrogen and oxygen atoms in total. The summed E-state index contributed by atoms with van der Waals surface area (Å²) >= 11 is 0. The molecule has 1 aromatic carbocycles. The lowest BCUT2D eigenvalue weighted by atomic mass is 10.2. The van der Waals surface area contributed by atoms with Crippen LogP contribution in [0.1, 0.15) is 19.4 Å². The van der Waals surface area contributed by atoms with E-state index in [2.05, 4.69) is 0 Å². The summed E-state index contributed by atoms with van der Waals surface area (Å²) in [5.74, 6) is 0.200. The van der Waals surface area contributed by atoms with Gasteiger partial charge in [0.2, 0.25) is 5.91 Å². The summed E-state index contributed by atoms with van der Waals surface area (Å²) in [4.78, 5) is 13.4. The third-order valence-electron chi connectivity index (χ3n) is 2.36. The van der Waals surface area contributed by atoms with Gasteiger partial charge in [0.05, 0.1) is 0 Å². The van der Waals surface area contributed by atoms with Crippen molar-refractivity contribution in [2.24, 2.45) is 0 Å². The number of aromatic hydroxyl groups is 1. The second-order valence-electron chi connectivity index (χ2n) is 3.44. The van der Waals surface area contributed by atoms with Crippen molar-refractivity contribution >= 4 is 12.0 Å². The molecular weight excluding hydrogens is 202 g/mol. The minimum Gasteiger partial charge on any atom is -0.508 e. The fourth-order valence-corrected chi connectivity index (χ4v) is 1.44. The summed E-state index contributed by atoms with van der Waals surface area (Å²) < 4.78 is 0. The zero-order valence-electron chi connectivity index (χ0n) is 9.68. The Morgan fingerprint density at radius 2 is 2.06 bits per heavy atom. The number of hydrogen-bond acceptors (Lipinski definition) is 2. The van der Waals surface area contributed by atoms with Gasteiger partial charge < -0.3 is 10.0 Å². The molecule has 0 aliphatic heterocycles. The van der Waals surface area contributed by atoms with Crippen molar-refractivity contribution < 1.29 is 9.90 Å². The molecule has 0 aromatic heterocycles. The average molecular weight is 219 g/mol. The number of carbonyl (C=O) groups is 1. The standard InChI is InChI=1S/C13H17NO2/c1-3-14(4-2)13(16)9-8-11-6-5-7-12(15)10-11/h5-10,15H,3-4H2,1-2H3. The molecule has 0 fully saturated rings. The van der Waals surface area contributed by atoms with Crippen LogP contribution in [0.5, 0.6) is 5.75 Å². The first-order chi connectivity index (χ1) is 7.67. The fraction of sp³-hybridized carbons (Fsp3) is 0.308. The van der Waals surface area contributed by atoms with Crippen LogP contribution in [0.4, 0.5) is 0 Å². The Labute approximate surface area is 96.0 Å². The summed E-state index contributed by atoms with van der Waals surface area (Å²) in [5.41, 5.74) is 0.820. The zero-order valence-corrected chi connectivity index (χ0v) is 9.68. The smallest absolute Gasteiger partial charge is 0.246 e. The van der Waals surface area contributed by atoms with E-state index in [1.807, 2.05) is 19.9 Å². The van der Waals surface area contributed by atoms with Crippen LogP contribution in [0.3, 0.4) is 0 Å². The molecule has 0 radical (unpaired) electrons. The van der Waals surface area contributed by atoms with Gasteiger partial charge in [-0.3, -0.25) is 4.79 Å². The second-order valence-corrected chi connectivity index (χ2v) is 3.44. The molecule has 0 bridgehead atoms. The molecular formula is C13H17NO2. The van der Waals surface area contributed by atoms with Crippen LogP contribution in [0.15, 0.2) is 30.3 Å². The van der Waals surface area contributed by atoms with E-state index in [-0.39, 0.29) is 11.7 Å². The van der Waals surface area contributed by atoms with Crippen LogP contribution in [-0.4, -0.2) is 29.0 Å². The number of carbonyl (C=O) groups excluding carboxylic acids is 1. The Balaban J connectivity index is 2.70. The molecule has 1 N–H and O–H groups in total. The van der Waals surface area contributed by atoms with Gasteiger partial charge in [0.1, 0.15) is 5.75 Å². The predicted octanol–water partition coefficient (Wildman–Crippen LogP) is 2.27. The molecule has 0 heterocycles. The normalized spacial score (nSPS) is 10.6. The second kappa shape index (κ2) is 5.95. The number of phenolic OH excluding ortho intramolecular Hbond substituents is 1. The van der Waals surface area contributed by atoms with Crippen molar-refractivity contribution in [1.82, 2.24) is 4.90 Å². The predicted molar refractivity (Wildman–Crippen MR) is 65.1 cm³/mol. The largest absolute Gasteiger partial charge is 0.508 e. The van der Waals surface area contributed by atoms with Crippen molar-refractivity contribution in [3.8, 4) is 5.75 Å². The maximum atomic E-state index is 11.6. The summed E-state index contributed by atoms with van der Waals surface area (Å²) in [6.07, 6.45) is 3.24. The first-order valence-electron chi connectivity index (χ1n) is 5.43. The van der Waals surface area contributed by atoms with Gasteiger partial charge in [-0.2, -0.15) is 0 Å². The van der Waals surface area contributed by atoms with E-state index in [1.165, 1.54) is 6.08 Å². The Kier molecular flexibility index (Phi) is 4.58. The van der Waals surface area contributed by atoms with Crippen LogP contribution < -0.4 is 0 Å². The topological polar surface area (TPSA) is 40.5 Å². The van der Waals surface area contributed by atoms with E-state index in [0.29, 0.717) is 13.1 Å². The van der Waals surface area contributed by atoms with E-state index in [1.54, 1.807) is 29.2 Å². The van der Waals surface area contributed by atoms with Gasteiger partial charge in [0.15, 0.2) is 0 Å². The van der Waals surface area contributed by atoms with Gasteiger partial charge in [-0.15, -0.1) is 0 Å². The molecule has 0 unspecified atom stereocenters. The number of benzene rings is 1. The number of hydrogen-bond donors (Lipinski definition) is 1. The highest BCUT2D eigenvalue weighted by Gasteiger charge is 2.04. The van der Waals surface area contributed by atoms with E-state index in [9.17, 15) is 9.90 Å². The highest BCUT2D eigenvalue weighted by atomic mass is 16.3. The van der Waals surface area contributed by atoms with Crippen LogP contribution >= 0.6 is 0 Å². The molecule has 1 amide bonds. The molecule has 0 saturated carbocycles. The lowest BCUT2D eigenvalue weighted by Crippen LogP contribution is -2.28. The third kappa shape index (κ3) is 3.42. The summed E-state index contributed by atoms with van der Waals surface area (Å²) in [6, 6.07) is 6.80. The van der Waals surface area contributed by atoms with Crippen LogP contribution in [0.25, 0.3) is 6.08 Å². The maximum Gasteiger partial charge on any atom is 0.246 e. The van der Waals surface area contributed by atoms with Gasteiger partial charge in [-0.25, -0.2) is 0 Å². The molecule has 16 heavy (non-hydrogen) atoms. The summed E-state index contributed by atoms with van der Waals surface area (Å²) in [7, 11) is 0. The molecule has 1 rings (SSSR count). The van der Waals surface area contributed by atoms with Crippen LogP contribution in [-0.2, 0) is 4.79 Å². The highest BCUT2D eigenvalue weighted by molar-refractivity contribution is 5.91. The average Bonchev–Trinajstić information content (AvgIpc) is 2.28. The first kappa shape index (κ1) is 12.3. The minimum atomic E-state index is -0.00616. The van der Waals surface area contributed by atoms with Crippen molar-refractivity contribution in [2.45, 2.75) is 13.8 Å². The van der Waals surface area contributed by atoms with E-state index in [4.69, 9.17) is 0 Å². The first-order valence-corrected chi connectivity index (χ1v) is 5.43. The molecule has 1 aromatic rings. The van der Waals surface area contributed by atoms with Crippen molar-refractivity contribution in [2.75, 3.05) is 13.1 Å². The molecule has 0 atom stereocenters. The SMILES string of the molecule is CCN(CC)C(=O)C=Cc1cccc(O)c1. The fourth-order valence-electron chi connectivity index (χ4n) is 1.44. The Hall–Kier alpha value is -1.77. The van der Waals surface area contributed by atoms with E-state index >= 15 is 0 Å².